The zero-order valence-electron chi connectivity index (χ0n) is 13.0. The Kier molecular flexibility index (Phi) is 5.90. The summed E-state index contributed by atoms with van der Waals surface area (Å²) in [5.74, 6) is -1.36. The third-order valence-corrected chi connectivity index (χ3v) is 3.89. The van der Waals surface area contributed by atoms with Gasteiger partial charge in [0, 0.05) is 12.1 Å². The predicted molar refractivity (Wildman–Crippen MR) is 81.7 cm³/mol. The van der Waals surface area contributed by atoms with Gasteiger partial charge in [-0.2, -0.15) is 0 Å². The standard InChI is InChI=1S/C16H21F2N3O2/c1-2-13(11-9-10(17)6-7-12(11)18)20-16(23)21-14-5-3-4-8-19-15(14)22/h6-7,9,13-14H,2-5,8H2,1H3,(H,19,22)(H2,20,21,23)/t13-,14+/m0/s1. The Morgan fingerprint density at radius 2 is 2.17 bits per heavy atom. The van der Waals surface area contributed by atoms with Crippen LogP contribution < -0.4 is 16.0 Å². The number of rotatable bonds is 4. The van der Waals surface area contributed by atoms with Gasteiger partial charge in [-0.25, -0.2) is 13.6 Å². The van der Waals surface area contributed by atoms with Crippen molar-refractivity contribution in [3.05, 3.63) is 35.4 Å². The van der Waals surface area contributed by atoms with E-state index in [9.17, 15) is 18.4 Å². The highest BCUT2D eigenvalue weighted by Crippen LogP contribution is 2.21. The van der Waals surface area contributed by atoms with Crippen molar-refractivity contribution in [2.45, 2.75) is 44.7 Å². The molecule has 1 aromatic carbocycles. The number of nitrogens with one attached hydrogen (secondary N) is 3. The molecule has 0 spiro atoms. The lowest BCUT2D eigenvalue weighted by atomic mass is 10.0. The first kappa shape index (κ1) is 17.2. The van der Waals surface area contributed by atoms with Gasteiger partial charge in [0.2, 0.25) is 5.91 Å². The second-order valence-corrected chi connectivity index (χ2v) is 5.58. The number of carbonyl (C=O) groups is 2. The molecule has 7 heteroatoms. The summed E-state index contributed by atoms with van der Waals surface area (Å²) < 4.78 is 27.1. The quantitative estimate of drug-likeness (QED) is 0.795. The fraction of sp³-hybridized carbons (Fsp3) is 0.500. The number of carbonyl (C=O) groups excluding carboxylic acids is 2. The maximum atomic E-state index is 13.8. The van der Waals surface area contributed by atoms with Crippen molar-refractivity contribution in [2.24, 2.45) is 0 Å². The minimum absolute atomic E-state index is 0.0907. The van der Waals surface area contributed by atoms with Crippen molar-refractivity contribution in [3.63, 3.8) is 0 Å². The summed E-state index contributed by atoms with van der Waals surface area (Å²) in [7, 11) is 0. The monoisotopic (exact) mass is 325 g/mol. The predicted octanol–water partition coefficient (Wildman–Crippen LogP) is 2.38. The molecule has 2 atom stereocenters. The maximum absolute atomic E-state index is 13.8. The van der Waals surface area contributed by atoms with E-state index in [1.165, 1.54) is 0 Å². The molecule has 0 unspecified atom stereocenters. The first-order chi connectivity index (χ1) is 11.0. The molecule has 3 amide bonds. The smallest absolute Gasteiger partial charge is 0.315 e. The molecule has 1 heterocycles. The van der Waals surface area contributed by atoms with E-state index in [0.29, 0.717) is 19.4 Å². The zero-order chi connectivity index (χ0) is 16.8. The molecule has 0 aromatic heterocycles. The lowest BCUT2D eigenvalue weighted by molar-refractivity contribution is -0.122. The average molecular weight is 325 g/mol. The summed E-state index contributed by atoms with van der Waals surface area (Å²) in [6, 6.07) is 1.30. The van der Waals surface area contributed by atoms with Crippen molar-refractivity contribution in [2.75, 3.05) is 6.54 Å². The summed E-state index contributed by atoms with van der Waals surface area (Å²) in [6.07, 6.45) is 2.66. The number of hydrogen-bond donors (Lipinski definition) is 3. The largest absolute Gasteiger partial charge is 0.354 e. The van der Waals surface area contributed by atoms with Gasteiger partial charge in [-0.15, -0.1) is 0 Å². The molecule has 0 aliphatic carbocycles. The van der Waals surface area contributed by atoms with Gasteiger partial charge in [0.15, 0.2) is 0 Å². The van der Waals surface area contributed by atoms with Gasteiger partial charge in [-0.3, -0.25) is 4.79 Å². The van der Waals surface area contributed by atoms with Crippen molar-refractivity contribution >= 4 is 11.9 Å². The van der Waals surface area contributed by atoms with Crippen LogP contribution in [-0.4, -0.2) is 24.5 Å². The van der Waals surface area contributed by atoms with E-state index in [4.69, 9.17) is 0 Å². The van der Waals surface area contributed by atoms with E-state index in [1.54, 1.807) is 6.92 Å². The zero-order valence-corrected chi connectivity index (χ0v) is 13.0. The van der Waals surface area contributed by atoms with Crippen LogP contribution in [0.3, 0.4) is 0 Å². The topological polar surface area (TPSA) is 70.2 Å². The van der Waals surface area contributed by atoms with E-state index < -0.39 is 29.7 Å². The molecule has 2 rings (SSSR count). The lowest BCUT2D eigenvalue weighted by Crippen LogP contribution is -2.49. The highest BCUT2D eigenvalue weighted by atomic mass is 19.1. The van der Waals surface area contributed by atoms with Crippen LogP contribution in [-0.2, 0) is 4.79 Å². The molecule has 23 heavy (non-hydrogen) atoms. The number of urea groups is 1. The molecule has 126 valence electrons. The highest BCUT2D eigenvalue weighted by molar-refractivity contribution is 5.87. The Balaban J connectivity index is 2.02. The molecule has 1 aliphatic heterocycles. The summed E-state index contributed by atoms with van der Waals surface area (Å²) in [5, 5.41) is 7.93. The van der Waals surface area contributed by atoms with Gasteiger partial charge < -0.3 is 16.0 Å². The van der Waals surface area contributed by atoms with Crippen LogP contribution >= 0.6 is 0 Å². The second-order valence-electron chi connectivity index (χ2n) is 5.58. The van der Waals surface area contributed by atoms with Gasteiger partial charge in [-0.05, 0) is 43.9 Å². The van der Waals surface area contributed by atoms with Gasteiger partial charge in [0.25, 0.3) is 0 Å². The summed E-state index contributed by atoms with van der Waals surface area (Å²) in [4.78, 5) is 23.9. The first-order valence-corrected chi connectivity index (χ1v) is 7.81. The highest BCUT2D eigenvalue weighted by Gasteiger charge is 2.24. The maximum Gasteiger partial charge on any atom is 0.315 e. The van der Waals surface area contributed by atoms with E-state index in [0.717, 1.165) is 31.0 Å². The molecular formula is C16H21F2N3O2. The third kappa shape index (κ3) is 4.64. The summed E-state index contributed by atoms with van der Waals surface area (Å²) in [5.41, 5.74) is 0.0907. The fourth-order valence-corrected chi connectivity index (χ4v) is 2.62. The number of benzene rings is 1. The molecule has 1 saturated heterocycles. The Morgan fingerprint density at radius 3 is 2.91 bits per heavy atom. The molecule has 0 bridgehead atoms. The van der Waals surface area contributed by atoms with Gasteiger partial charge in [0.05, 0.1) is 6.04 Å². The van der Waals surface area contributed by atoms with Crippen molar-refractivity contribution in [3.8, 4) is 0 Å². The number of amides is 3. The minimum Gasteiger partial charge on any atom is -0.354 e. The van der Waals surface area contributed by atoms with Gasteiger partial charge in [-0.1, -0.05) is 6.92 Å². The van der Waals surface area contributed by atoms with E-state index in [-0.39, 0.29) is 11.5 Å². The van der Waals surface area contributed by atoms with E-state index in [1.807, 2.05) is 0 Å². The average Bonchev–Trinajstić information content (AvgIpc) is 2.72. The van der Waals surface area contributed by atoms with Crippen LogP contribution in [0.5, 0.6) is 0 Å². The van der Waals surface area contributed by atoms with Crippen LogP contribution in [0.4, 0.5) is 13.6 Å². The molecule has 1 aliphatic rings. The molecule has 5 nitrogen and oxygen atoms in total. The van der Waals surface area contributed by atoms with Crippen LogP contribution in [0, 0.1) is 11.6 Å². The number of halogens is 2. The van der Waals surface area contributed by atoms with Crippen molar-refractivity contribution < 1.29 is 18.4 Å². The number of hydrogen-bond acceptors (Lipinski definition) is 2. The Labute approximate surface area is 133 Å². The summed E-state index contributed by atoms with van der Waals surface area (Å²) in [6.45, 7) is 2.36. The van der Waals surface area contributed by atoms with Crippen LogP contribution in [0.15, 0.2) is 18.2 Å². The molecule has 0 radical (unpaired) electrons. The van der Waals surface area contributed by atoms with Crippen LogP contribution in [0.1, 0.15) is 44.2 Å². The summed E-state index contributed by atoms with van der Waals surface area (Å²) >= 11 is 0. The van der Waals surface area contributed by atoms with Gasteiger partial charge >= 0.3 is 6.03 Å². The molecule has 1 aromatic rings. The third-order valence-electron chi connectivity index (χ3n) is 3.89. The fourth-order valence-electron chi connectivity index (χ4n) is 2.62. The van der Waals surface area contributed by atoms with Gasteiger partial charge in [0.1, 0.15) is 17.7 Å². The van der Waals surface area contributed by atoms with E-state index in [2.05, 4.69) is 16.0 Å². The Bertz CT molecular complexity index is 580. The van der Waals surface area contributed by atoms with E-state index >= 15 is 0 Å². The molecule has 0 saturated carbocycles. The minimum atomic E-state index is -0.667. The molecular weight excluding hydrogens is 304 g/mol. The normalized spacial score (nSPS) is 19.4. The van der Waals surface area contributed by atoms with Crippen molar-refractivity contribution in [1.82, 2.24) is 16.0 Å². The molecule has 1 fully saturated rings. The Hall–Kier alpha value is -2.18. The first-order valence-electron chi connectivity index (χ1n) is 7.81. The Morgan fingerprint density at radius 1 is 1.39 bits per heavy atom. The lowest BCUT2D eigenvalue weighted by Gasteiger charge is -2.21. The molecule has 3 N–H and O–H groups in total. The second kappa shape index (κ2) is 7.89. The van der Waals surface area contributed by atoms with Crippen LogP contribution in [0.2, 0.25) is 0 Å². The SMILES string of the molecule is CC[C@H](NC(=O)N[C@@H]1CCCCNC1=O)c1cc(F)ccc1F. The van der Waals surface area contributed by atoms with Crippen LogP contribution in [0.25, 0.3) is 0 Å². The van der Waals surface area contributed by atoms with Crippen molar-refractivity contribution in [1.29, 1.82) is 0 Å².